The van der Waals surface area contributed by atoms with Crippen LogP contribution >= 0.6 is 11.3 Å². The largest absolute Gasteiger partial charge is 0.368 e. The first-order valence-electron chi connectivity index (χ1n) is 5.35. The van der Waals surface area contributed by atoms with Crippen LogP contribution in [-0.2, 0) is 6.54 Å². The minimum atomic E-state index is 0.831. The third kappa shape index (κ3) is 2.01. The van der Waals surface area contributed by atoms with Crippen molar-refractivity contribution in [3.63, 3.8) is 0 Å². The van der Waals surface area contributed by atoms with Gasteiger partial charge in [-0.1, -0.05) is 0 Å². The lowest BCUT2D eigenvalue weighted by atomic mass is 10.2. The second kappa shape index (κ2) is 4.18. The van der Waals surface area contributed by atoms with E-state index in [1.807, 2.05) is 17.6 Å². The Labute approximate surface area is 103 Å². The Hall–Kier alpha value is -1.88. The average molecular weight is 244 g/mol. The van der Waals surface area contributed by atoms with Crippen molar-refractivity contribution in [2.24, 2.45) is 0 Å². The second-order valence-corrected chi connectivity index (χ2v) is 4.87. The second-order valence-electron chi connectivity index (χ2n) is 3.89. The number of fused-ring (bicyclic) bond motifs is 1. The van der Waals surface area contributed by atoms with Gasteiger partial charge in [0, 0.05) is 24.3 Å². The van der Waals surface area contributed by atoms with E-state index in [9.17, 15) is 0 Å². The van der Waals surface area contributed by atoms with Crippen molar-refractivity contribution >= 4 is 28.1 Å². The number of nitrogens with zero attached hydrogens (tertiary/aromatic N) is 3. The van der Waals surface area contributed by atoms with Crippen LogP contribution in [0.25, 0.3) is 11.0 Å². The normalized spacial score (nSPS) is 10.9. The lowest BCUT2D eigenvalue weighted by Crippen LogP contribution is -2.15. The Morgan fingerprint density at radius 2 is 2.29 bits per heavy atom. The van der Waals surface area contributed by atoms with Crippen LogP contribution in [0.2, 0.25) is 0 Å². The Kier molecular flexibility index (Phi) is 2.53. The van der Waals surface area contributed by atoms with Gasteiger partial charge in [0.05, 0.1) is 23.9 Å². The summed E-state index contributed by atoms with van der Waals surface area (Å²) in [5.41, 5.74) is 3.22. The molecule has 0 spiro atoms. The molecule has 0 saturated carbocycles. The van der Waals surface area contributed by atoms with Crippen LogP contribution in [0.4, 0.5) is 5.69 Å². The maximum absolute atomic E-state index is 4.29. The van der Waals surface area contributed by atoms with Crippen molar-refractivity contribution < 1.29 is 0 Å². The van der Waals surface area contributed by atoms with Gasteiger partial charge in [-0.25, -0.2) is 9.97 Å². The van der Waals surface area contributed by atoms with Crippen molar-refractivity contribution in [2.45, 2.75) is 6.54 Å². The van der Waals surface area contributed by atoms with Crippen molar-refractivity contribution in [1.82, 2.24) is 15.0 Å². The smallest absolute Gasteiger partial charge is 0.112 e. The van der Waals surface area contributed by atoms with Gasteiger partial charge in [-0.05, 0) is 18.2 Å². The van der Waals surface area contributed by atoms with E-state index in [1.54, 1.807) is 17.7 Å². The maximum Gasteiger partial charge on any atom is 0.112 e. The molecule has 1 N–H and O–H groups in total. The number of H-pyrrole nitrogens is 1. The molecule has 0 aliphatic carbocycles. The van der Waals surface area contributed by atoms with Crippen molar-refractivity contribution in [3.05, 3.63) is 41.1 Å². The van der Waals surface area contributed by atoms with Gasteiger partial charge in [0.25, 0.3) is 0 Å². The van der Waals surface area contributed by atoms with Gasteiger partial charge in [-0.3, -0.25) is 0 Å². The summed E-state index contributed by atoms with van der Waals surface area (Å²) in [6, 6.07) is 6.21. The highest BCUT2D eigenvalue weighted by atomic mass is 32.1. The monoisotopic (exact) mass is 244 g/mol. The molecule has 0 radical (unpaired) electrons. The number of aromatic nitrogens is 3. The Morgan fingerprint density at radius 1 is 1.35 bits per heavy atom. The highest BCUT2D eigenvalue weighted by Gasteiger charge is 2.05. The molecule has 2 heterocycles. The SMILES string of the molecule is CN(Cc1nccs1)c1ccc2nc[nH]c2c1. The van der Waals surface area contributed by atoms with Gasteiger partial charge in [0.1, 0.15) is 5.01 Å². The van der Waals surface area contributed by atoms with Crippen LogP contribution in [0.5, 0.6) is 0 Å². The number of thiazole rings is 1. The zero-order chi connectivity index (χ0) is 11.7. The summed E-state index contributed by atoms with van der Waals surface area (Å²) in [6.07, 6.45) is 3.56. The van der Waals surface area contributed by atoms with E-state index in [-0.39, 0.29) is 0 Å². The molecule has 0 saturated heterocycles. The minimum absolute atomic E-state index is 0.831. The standard InChI is InChI=1S/C12H12N4S/c1-16(7-12-13-4-5-17-12)9-2-3-10-11(6-9)15-8-14-10/h2-6,8H,7H2,1H3,(H,14,15). The fourth-order valence-electron chi connectivity index (χ4n) is 1.79. The summed E-state index contributed by atoms with van der Waals surface area (Å²) in [6.45, 7) is 0.831. The number of rotatable bonds is 3. The predicted octanol–water partition coefficient (Wildman–Crippen LogP) is 2.66. The molecule has 1 aromatic carbocycles. The molecule has 3 aromatic rings. The summed E-state index contributed by atoms with van der Waals surface area (Å²) >= 11 is 1.68. The third-order valence-corrected chi connectivity index (χ3v) is 3.46. The van der Waals surface area contributed by atoms with Crippen LogP contribution < -0.4 is 4.90 Å². The number of benzene rings is 1. The molecular weight excluding hydrogens is 232 g/mol. The molecule has 0 fully saturated rings. The Morgan fingerprint density at radius 3 is 3.12 bits per heavy atom. The number of aromatic amines is 1. The molecule has 17 heavy (non-hydrogen) atoms. The van der Waals surface area contributed by atoms with Crippen LogP contribution in [0, 0.1) is 0 Å². The molecule has 4 nitrogen and oxygen atoms in total. The molecule has 5 heteroatoms. The molecule has 0 atom stereocenters. The summed E-state index contributed by atoms with van der Waals surface area (Å²) in [4.78, 5) is 13.8. The first kappa shape index (κ1) is 10.3. The first-order chi connectivity index (χ1) is 8.33. The van der Waals surface area contributed by atoms with Crippen LogP contribution in [-0.4, -0.2) is 22.0 Å². The van der Waals surface area contributed by atoms with Gasteiger partial charge in [-0.15, -0.1) is 11.3 Å². The highest BCUT2D eigenvalue weighted by Crippen LogP contribution is 2.20. The third-order valence-electron chi connectivity index (χ3n) is 2.70. The van der Waals surface area contributed by atoms with Gasteiger partial charge in [0.2, 0.25) is 0 Å². The molecule has 2 aromatic heterocycles. The topological polar surface area (TPSA) is 44.8 Å². The molecule has 0 bridgehead atoms. The van der Waals surface area contributed by atoms with Crippen LogP contribution in [0.1, 0.15) is 5.01 Å². The fraction of sp³-hybridized carbons (Fsp3) is 0.167. The van der Waals surface area contributed by atoms with Crippen molar-refractivity contribution in [3.8, 4) is 0 Å². The quantitative estimate of drug-likeness (QED) is 0.770. The van der Waals surface area contributed by atoms with Gasteiger partial charge in [0.15, 0.2) is 0 Å². The molecule has 0 aliphatic rings. The number of nitrogens with one attached hydrogen (secondary N) is 1. The predicted molar refractivity (Wildman–Crippen MR) is 70.3 cm³/mol. The van der Waals surface area contributed by atoms with E-state index in [4.69, 9.17) is 0 Å². The van der Waals surface area contributed by atoms with Gasteiger partial charge < -0.3 is 9.88 Å². The summed E-state index contributed by atoms with van der Waals surface area (Å²) in [5.74, 6) is 0. The number of imidazole rings is 1. The van der Waals surface area contributed by atoms with Gasteiger partial charge >= 0.3 is 0 Å². The highest BCUT2D eigenvalue weighted by molar-refractivity contribution is 7.09. The zero-order valence-corrected chi connectivity index (χ0v) is 10.2. The zero-order valence-electron chi connectivity index (χ0n) is 9.42. The van der Waals surface area contributed by atoms with E-state index in [1.165, 1.54) is 0 Å². The average Bonchev–Trinajstić information content (AvgIpc) is 2.97. The Balaban J connectivity index is 1.87. The molecule has 86 valence electrons. The number of hydrogen-bond acceptors (Lipinski definition) is 4. The van der Waals surface area contributed by atoms with Crippen molar-refractivity contribution in [1.29, 1.82) is 0 Å². The number of anilines is 1. The maximum atomic E-state index is 4.29. The number of hydrogen-bond donors (Lipinski definition) is 1. The van der Waals surface area contributed by atoms with E-state index >= 15 is 0 Å². The van der Waals surface area contributed by atoms with Crippen LogP contribution in [0.3, 0.4) is 0 Å². The molecule has 3 rings (SSSR count). The summed E-state index contributed by atoms with van der Waals surface area (Å²) in [7, 11) is 2.07. The van der Waals surface area contributed by atoms with E-state index < -0.39 is 0 Å². The lowest BCUT2D eigenvalue weighted by molar-refractivity contribution is 0.911. The van der Waals surface area contributed by atoms with E-state index in [0.717, 1.165) is 28.3 Å². The minimum Gasteiger partial charge on any atom is -0.368 e. The molecule has 0 aliphatic heterocycles. The first-order valence-corrected chi connectivity index (χ1v) is 6.23. The molecule has 0 unspecified atom stereocenters. The lowest BCUT2D eigenvalue weighted by Gasteiger charge is -2.17. The Bertz CT molecular complexity index is 614. The summed E-state index contributed by atoms with van der Waals surface area (Å²) in [5, 5.41) is 3.12. The molecule has 0 amide bonds. The van der Waals surface area contributed by atoms with Gasteiger partial charge in [-0.2, -0.15) is 0 Å². The summed E-state index contributed by atoms with van der Waals surface area (Å²) < 4.78 is 0. The van der Waals surface area contributed by atoms with E-state index in [0.29, 0.717) is 0 Å². The molecular formula is C12H12N4S. The van der Waals surface area contributed by atoms with Crippen LogP contribution in [0.15, 0.2) is 36.1 Å². The van der Waals surface area contributed by atoms with Crippen molar-refractivity contribution in [2.75, 3.05) is 11.9 Å². The van der Waals surface area contributed by atoms with E-state index in [2.05, 4.69) is 39.0 Å². The fourth-order valence-corrected chi connectivity index (χ4v) is 2.45.